The maximum absolute atomic E-state index is 13.4. The lowest BCUT2D eigenvalue weighted by Gasteiger charge is -2.27. The number of aliphatic carboxylic acids is 1. The number of carbonyl (C=O) groups is 7. The molecule has 0 aliphatic rings. The molecule has 0 rings (SSSR count). The lowest BCUT2D eigenvalue weighted by Crippen LogP contribution is -2.60. The van der Waals surface area contributed by atoms with Crippen LogP contribution in [0.15, 0.2) is 4.99 Å². The summed E-state index contributed by atoms with van der Waals surface area (Å²) in [5.41, 5.74) is 21.6. The monoisotopic (exact) mass is 749 g/mol. The van der Waals surface area contributed by atoms with Gasteiger partial charge in [-0.2, -0.15) is 11.8 Å². The van der Waals surface area contributed by atoms with Gasteiger partial charge in [-0.1, -0.05) is 0 Å². The molecule has 0 saturated heterocycles. The van der Waals surface area contributed by atoms with Crippen molar-refractivity contribution in [2.75, 3.05) is 38.2 Å². The van der Waals surface area contributed by atoms with Gasteiger partial charge in [0.2, 0.25) is 35.4 Å². The Bertz CT molecular complexity index is 1190. The molecule has 22 heteroatoms. The number of aliphatic hydroxyl groups is 2. The summed E-state index contributed by atoms with van der Waals surface area (Å²) in [5.74, 6) is -6.03. The van der Waals surface area contributed by atoms with E-state index in [0.29, 0.717) is 25.1 Å². The Kier molecular flexibility index (Phi) is 23.5. The molecular formula is C29H55N11O10S. The number of rotatable bonds is 26. The van der Waals surface area contributed by atoms with Crippen LogP contribution in [-0.4, -0.2) is 143 Å². The lowest BCUT2D eigenvalue weighted by atomic mass is 10.1. The molecule has 0 aromatic carbocycles. The number of nitrogens with one attached hydrogen (secondary N) is 6. The number of carbonyl (C=O) groups excluding carboxylic acids is 6. The molecule has 0 unspecified atom stereocenters. The summed E-state index contributed by atoms with van der Waals surface area (Å²) in [7, 11) is 0. The Balaban J connectivity index is 5.79. The summed E-state index contributed by atoms with van der Waals surface area (Å²) >= 11 is 1.39. The van der Waals surface area contributed by atoms with Crippen LogP contribution in [0.3, 0.4) is 0 Å². The zero-order valence-electron chi connectivity index (χ0n) is 29.2. The molecular weight excluding hydrogens is 694 g/mol. The smallest absolute Gasteiger partial charge is 0.326 e. The zero-order valence-corrected chi connectivity index (χ0v) is 30.0. The van der Waals surface area contributed by atoms with E-state index in [-0.39, 0.29) is 38.2 Å². The van der Waals surface area contributed by atoms with Crippen molar-refractivity contribution in [2.45, 2.75) is 94.7 Å². The van der Waals surface area contributed by atoms with Crippen LogP contribution in [0.1, 0.15) is 52.4 Å². The molecule has 0 fully saturated rings. The molecule has 7 atom stereocenters. The summed E-state index contributed by atoms with van der Waals surface area (Å²) in [6.45, 7) is 1.77. The molecule has 0 heterocycles. The van der Waals surface area contributed by atoms with Gasteiger partial charge in [0.05, 0.1) is 19.3 Å². The van der Waals surface area contributed by atoms with Crippen LogP contribution in [0.25, 0.3) is 0 Å². The van der Waals surface area contributed by atoms with E-state index in [1.54, 1.807) is 6.26 Å². The van der Waals surface area contributed by atoms with Gasteiger partial charge >= 0.3 is 5.97 Å². The van der Waals surface area contributed by atoms with Crippen LogP contribution < -0.4 is 54.8 Å². The van der Waals surface area contributed by atoms with Crippen LogP contribution in [0.5, 0.6) is 0 Å². The van der Waals surface area contributed by atoms with E-state index in [1.807, 2.05) is 0 Å². The Morgan fingerprint density at radius 1 is 0.765 bits per heavy atom. The summed E-state index contributed by atoms with van der Waals surface area (Å²) in [6, 6.07) is -7.84. The Labute approximate surface area is 300 Å². The van der Waals surface area contributed by atoms with E-state index in [4.69, 9.17) is 28.0 Å². The molecule has 17 N–H and O–H groups in total. The fourth-order valence-electron chi connectivity index (χ4n) is 4.25. The normalized spacial score (nSPS) is 15.0. The fraction of sp³-hybridized carbons (Fsp3) is 0.724. The highest BCUT2D eigenvalue weighted by atomic mass is 32.2. The van der Waals surface area contributed by atoms with E-state index in [9.17, 15) is 43.8 Å². The number of guanidine groups is 1. The molecule has 21 nitrogen and oxygen atoms in total. The first-order valence-electron chi connectivity index (χ1n) is 16.3. The van der Waals surface area contributed by atoms with Crippen molar-refractivity contribution in [3.8, 4) is 0 Å². The minimum atomic E-state index is -1.60. The van der Waals surface area contributed by atoms with Crippen molar-refractivity contribution in [1.29, 1.82) is 0 Å². The van der Waals surface area contributed by atoms with Crippen molar-refractivity contribution >= 4 is 59.1 Å². The molecule has 0 saturated carbocycles. The zero-order chi connectivity index (χ0) is 39.1. The highest BCUT2D eigenvalue weighted by Crippen LogP contribution is 2.06. The lowest BCUT2D eigenvalue weighted by molar-refractivity contribution is -0.143. The largest absolute Gasteiger partial charge is 0.480 e. The maximum atomic E-state index is 13.4. The first-order chi connectivity index (χ1) is 24.0. The van der Waals surface area contributed by atoms with Gasteiger partial charge in [-0.15, -0.1) is 0 Å². The third kappa shape index (κ3) is 19.7. The second-order valence-corrected chi connectivity index (χ2v) is 12.5. The van der Waals surface area contributed by atoms with Crippen LogP contribution in [-0.2, 0) is 33.6 Å². The van der Waals surface area contributed by atoms with Crippen molar-refractivity contribution in [3.05, 3.63) is 0 Å². The van der Waals surface area contributed by atoms with Crippen LogP contribution in [0.2, 0.25) is 0 Å². The van der Waals surface area contributed by atoms with E-state index >= 15 is 0 Å². The van der Waals surface area contributed by atoms with Crippen molar-refractivity contribution in [3.63, 3.8) is 0 Å². The van der Waals surface area contributed by atoms with Gasteiger partial charge in [0, 0.05) is 6.54 Å². The quantitative estimate of drug-likeness (QED) is 0.0223. The van der Waals surface area contributed by atoms with Gasteiger partial charge in [0.15, 0.2) is 5.96 Å². The average Bonchev–Trinajstić information content (AvgIpc) is 3.07. The van der Waals surface area contributed by atoms with Gasteiger partial charge in [-0.25, -0.2) is 4.79 Å². The van der Waals surface area contributed by atoms with Crippen molar-refractivity contribution in [2.24, 2.45) is 27.9 Å². The number of hydrogen-bond acceptors (Lipinski definition) is 13. The molecule has 0 spiro atoms. The highest BCUT2D eigenvalue weighted by molar-refractivity contribution is 7.98. The number of carboxylic acid groups (broad SMARTS) is 1. The van der Waals surface area contributed by atoms with E-state index in [2.05, 4.69) is 36.9 Å². The first-order valence-corrected chi connectivity index (χ1v) is 17.7. The summed E-state index contributed by atoms with van der Waals surface area (Å²) in [4.78, 5) is 92.4. The van der Waals surface area contributed by atoms with Gasteiger partial charge in [-0.05, 0) is 70.9 Å². The van der Waals surface area contributed by atoms with Crippen LogP contribution in [0.4, 0.5) is 0 Å². The van der Waals surface area contributed by atoms with Crippen molar-refractivity contribution in [1.82, 2.24) is 31.9 Å². The molecule has 292 valence electrons. The predicted octanol–water partition coefficient (Wildman–Crippen LogP) is -5.73. The summed E-state index contributed by atoms with van der Waals surface area (Å²) in [6.07, 6.45) is 1.56. The number of nitrogens with two attached hydrogens (primary N) is 4. The number of hydrogen-bond donors (Lipinski definition) is 13. The highest BCUT2D eigenvalue weighted by Gasteiger charge is 2.33. The number of unbranched alkanes of at least 4 members (excludes halogenated alkanes) is 1. The number of carboxylic acids is 1. The number of aliphatic imine (C=N–C) groups is 1. The SMILES string of the molecule is CSCC[C@H](NC(=O)CNC(=O)[C@@H](N)CO)C(=O)N[C@@H](C)C(=O)N[C@@H](CCCN=C(N)N)C(=O)N[C@H](C(=O)N[C@@H](CCCCN)C(=O)O)[C@@H](C)O. The van der Waals surface area contributed by atoms with Gasteiger partial charge < -0.3 is 70.2 Å². The standard InChI is InChI=1S/C29H55N11O10S/c1-15(36-25(46)19(9-12-51-3)37-21(43)13-35-24(45)17(31)14-41)23(44)38-18(8-6-11-34-29(32)33)26(47)40-22(16(2)42)27(48)39-20(28(49)50)7-4-5-10-30/h15-20,22,41-42H,4-14,30-31H2,1-3H3,(H,35,45)(H,36,46)(H,37,43)(H,38,44)(H,39,48)(H,40,47)(H,49,50)(H4,32,33,34)/t15-,16+,17-,18-,19-,20-,22-/m0/s1. The molecule has 0 bridgehead atoms. The summed E-state index contributed by atoms with van der Waals surface area (Å²) in [5, 5.41) is 43.1. The van der Waals surface area contributed by atoms with Crippen LogP contribution in [0, 0.1) is 0 Å². The average molecular weight is 750 g/mol. The van der Waals surface area contributed by atoms with E-state index < -0.39 is 96.9 Å². The topological polar surface area (TPSA) is 369 Å². The second kappa shape index (κ2) is 25.7. The molecule has 0 aromatic heterocycles. The Morgan fingerprint density at radius 3 is 1.90 bits per heavy atom. The second-order valence-electron chi connectivity index (χ2n) is 11.6. The molecule has 0 aromatic rings. The molecule has 0 radical (unpaired) electrons. The molecule has 6 amide bonds. The minimum Gasteiger partial charge on any atom is -0.480 e. The number of nitrogens with zero attached hydrogens (tertiary/aromatic N) is 1. The Hall–Kier alpha value is -4.25. The number of aliphatic hydroxyl groups excluding tert-OH is 2. The minimum absolute atomic E-state index is 0.0575. The predicted molar refractivity (Wildman–Crippen MR) is 189 cm³/mol. The molecule has 51 heavy (non-hydrogen) atoms. The van der Waals surface area contributed by atoms with Crippen LogP contribution >= 0.6 is 11.8 Å². The number of amides is 6. The van der Waals surface area contributed by atoms with Crippen molar-refractivity contribution < 1.29 is 48.9 Å². The van der Waals surface area contributed by atoms with Gasteiger partial charge in [0.1, 0.15) is 36.3 Å². The maximum Gasteiger partial charge on any atom is 0.326 e. The third-order valence-corrected chi connectivity index (χ3v) is 7.82. The summed E-state index contributed by atoms with van der Waals surface area (Å²) < 4.78 is 0. The van der Waals surface area contributed by atoms with E-state index in [0.717, 1.165) is 0 Å². The molecule has 0 aliphatic carbocycles. The van der Waals surface area contributed by atoms with E-state index in [1.165, 1.54) is 25.6 Å². The number of thioether (sulfide) groups is 1. The molecule has 0 aliphatic heterocycles. The fourth-order valence-corrected chi connectivity index (χ4v) is 4.72. The van der Waals surface area contributed by atoms with Gasteiger partial charge in [0.25, 0.3) is 0 Å². The van der Waals surface area contributed by atoms with Gasteiger partial charge in [-0.3, -0.25) is 33.8 Å². The Morgan fingerprint density at radius 2 is 1.35 bits per heavy atom. The first kappa shape index (κ1) is 46.8. The third-order valence-electron chi connectivity index (χ3n) is 7.17.